The molecule has 7 heteroatoms. The zero-order valence-electron chi connectivity index (χ0n) is 13.3. The molecular formula is C16H20N4O2S. The van der Waals surface area contributed by atoms with E-state index in [1.54, 1.807) is 11.3 Å². The topological polar surface area (TPSA) is 58.6 Å². The summed E-state index contributed by atoms with van der Waals surface area (Å²) in [6, 6.07) is 3.81. The van der Waals surface area contributed by atoms with Crippen LogP contribution in [0, 0.1) is 0 Å². The molecule has 0 unspecified atom stereocenters. The lowest BCUT2D eigenvalue weighted by Crippen LogP contribution is -2.32. The minimum atomic E-state index is -0.00802. The van der Waals surface area contributed by atoms with Crippen molar-refractivity contribution < 1.29 is 9.53 Å². The van der Waals surface area contributed by atoms with Gasteiger partial charge in [0.1, 0.15) is 18.2 Å². The molecule has 23 heavy (non-hydrogen) atoms. The van der Waals surface area contributed by atoms with Gasteiger partial charge in [-0.2, -0.15) is 11.3 Å². The Labute approximate surface area is 139 Å². The predicted octanol–water partition coefficient (Wildman–Crippen LogP) is 1.83. The van der Waals surface area contributed by atoms with Crippen molar-refractivity contribution >= 4 is 23.1 Å². The second-order valence-corrected chi connectivity index (χ2v) is 6.57. The first-order chi connectivity index (χ1) is 11.1. The second kappa shape index (κ2) is 6.95. The Morgan fingerprint density at radius 3 is 3.09 bits per heavy atom. The maximum Gasteiger partial charge on any atom is 0.227 e. The van der Waals surface area contributed by atoms with E-state index in [0.29, 0.717) is 18.8 Å². The monoisotopic (exact) mass is 332 g/mol. The van der Waals surface area contributed by atoms with E-state index in [1.165, 1.54) is 6.33 Å². The molecule has 1 aliphatic rings. The molecule has 1 atom stereocenters. The van der Waals surface area contributed by atoms with Gasteiger partial charge in [0.2, 0.25) is 11.8 Å². The van der Waals surface area contributed by atoms with Crippen LogP contribution in [0.15, 0.2) is 29.2 Å². The van der Waals surface area contributed by atoms with Gasteiger partial charge in [-0.15, -0.1) is 0 Å². The highest BCUT2D eigenvalue weighted by Gasteiger charge is 2.28. The summed E-state index contributed by atoms with van der Waals surface area (Å²) in [4.78, 5) is 24.4. The van der Waals surface area contributed by atoms with Crippen LogP contribution in [-0.2, 0) is 11.2 Å². The summed E-state index contributed by atoms with van der Waals surface area (Å²) in [6.07, 6.45) is 2.79. The first kappa shape index (κ1) is 15.7. The van der Waals surface area contributed by atoms with Crippen molar-refractivity contribution in [2.24, 2.45) is 0 Å². The van der Waals surface area contributed by atoms with E-state index in [9.17, 15) is 4.79 Å². The number of likely N-dealkylation sites (tertiary alicyclic amines) is 1. The molecule has 0 spiro atoms. The van der Waals surface area contributed by atoms with E-state index in [2.05, 4.69) is 9.97 Å². The Bertz CT molecular complexity index is 660. The molecule has 1 aliphatic heterocycles. The van der Waals surface area contributed by atoms with Crippen molar-refractivity contribution in [2.75, 3.05) is 32.1 Å². The largest absolute Gasteiger partial charge is 0.472 e. The molecule has 3 heterocycles. The van der Waals surface area contributed by atoms with Gasteiger partial charge in [-0.1, -0.05) is 0 Å². The SMILES string of the molecule is CN(C)c1cc(O[C@@H]2CCN(C(=O)Cc3ccsc3)C2)ncn1. The van der Waals surface area contributed by atoms with Gasteiger partial charge in [0, 0.05) is 33.1 Å². The van der Waals surface area contributed by atoms with E-state index in [-0.39, 0.29) is 12.0 Å². The summed E-state index contributed by atoms with van der Waals surface area (Å²) < 4.78 is 5.91. The number of rotatable bonds is 5. The van der Waals surface area contributed by atoms with Crippen LogP contribution in [0.25, 0.3) is 0 Å². The quantitative estimate of drug-likeness (QED) is 0.836. The molecule has 1 saturated heterocycles. The molecule has 0 aliphatic carbocycles. The predicted molar refractivity (Wildman–Crippen MR) is 90.0 cm³/mol. The molecule has 1 amide bonds. The molecule has 0 bridgehead atoms. The van der Waals surface area contributed by atoms with Crippen LogP contribution in [0.1, 0.15) is 12.0 Å². The maximum absolute atomic E-state index is 12.3. The highest BCUT2D eigenvalue weighted by molar-refractivity contribution is 7.07. The first-order valence-corrected chi connectivity index (χ1v) is 8.51. The zero-order chi connectivity index (χ0) is 16.2. The van der Waals surface area contributed by atoms with E-state index in [0.717, 1.165) is 24.3 Å². The molecular weight excluding hydrogens is 312 g/mol. The Hall–Kier alpha value is -2.15. The van der Waals surface area contributed by atoms with Crippen molar-refractivity contribution in [1.29, 1.82) is 0 Å². The Balaban J connectivity index is 1.55. The lowest BCUT2D eigenvalue weighted by Gasteiger charge is -2.17. The minimum absolute atomic E-state index is 0.00802. The smallest absolute Gasteiger partial charge is 0.227 e. The molecule has 122 valence electrons. The van der Waals surface area contributed by atoms with Gasteiger partial charge in [-0.3, -0.25) is 4.79 Å². The van der Waals surface area contributed by atoms with Gasteiger partial charge < -0.3 is 14.5 Å². The lowest BCUT2D eigenvalue weighted by molar-refractivity contribution is -0.129. The molecule has 3 rings (SSSR count). The molecule has 0 saturated carbocycles. The van der Waals surface area contributed by atoms with E-state index < -0.39 is 0 Å². The molecule has 0 N–H and O–H groups in total. The maximum atomic E-state index is 12.3. The number of aromatic nitrogens is 2. The second-order valence-electron chi connectivity index (χ2n) is 5.79. The van der Waals surface area contributed by atoms with Gasteiger partial charge in [0.25, 0.3) is 0 Å². The van der Waals surface area contributed by atoms with Gasteiger partial charge in [-0.05, 0) is 22.4 Å². The van der Waals surface area contributed by atoms with E-state index >= 15 is 0 Å². The fraction of sp³-hybridized carbons (Fsp3) is 0.438. The van der Waals surface area contributed by atoms with Gasteiger partial charge >= 0.3 is 0 Å². The Morgan fingerprint density at radius 2 is 2.35 bits per heavy atom. The zero-order valence-corrected chi connectivity index (χ0v) is 14.1. The summed E-state index contributed by atoms with van der Waals surface area (Å²) in [5.41, 5.74) is 1.08. The number of nitrogens with zero attached hydrogens (tertiary/aromatic N) is 4. The van der Waals surface area contributed by atoms with Crippen LogP contribution in [0.3, 0.4) is 0 Å². The fourth-order valence-electron chi connectivity index (χ4n) is 2.54. The minimum Gasteiger partial charge on any atom is -0.472 e. The number of hydrogen-bond acceptors (Lipinski definition) is 6. The summed E-state index contributed by atoms with van der Waals surface area (Å²) in [5.74, 6) is 1.52. The molecule has 6 nitrogen and oxygen atoms in total. The van der Waals surface area contributed by atoms with Crippen molar-refractivity contribution in [3.05, 3.63) is 34.8 Å². The third-order valence-corrected chi connectivity index (χ3v) is 4.54. The summed E-state index contributed by atoms with van der Waals surface area (Å²) >= 11 is 1.62. The van der Waals surface area contributed by atoms with Crippen LogP contribution in [-0.4, -0.2) is 54.1 Å². The standard InChI is InChI=1S/C16H20N4O2S/c1-19(2)14-8-15(18-11-17-14)22-13-3-5-20(9-13)16(21)7-12-4-6-23-10-12/h4,6,8,10-11,13H,3,5,7,9H2,1-2H3/t13-/m1/s1. The molecule has 1 fully saturated rings. The molecule has 0 aromatic carbocycles. The van der Waals surface area contributed by atoms with Crippen LogP contribution >= 0.6 is 11.3 Å². The highest BCUT2D eigenvalue weighted by atomic mass is 32.1. The number of anilines is 1. The van der Waals surface area contributed by atoms with Gasteiger partial charge in [0.15, 0.2) is 0 Å². The third kappa shape index (κ3) is 3.98. The number of ether oxygens (including phenoxy) is 1. The molecule has 2 aromatic rings. The van der Waals surface area contributed by atoms with E-state index in [4.69, 9.17) is 4.74 Å². The molecule has 2 aromatic heterocycles. The Morgan fingerprint density at radius 1 is 1.48 bits per heavy atom. The van der Waals surface area contributed by atoms with Crippen LogP contribution in [0.2, 0.25) is 0 Å². The fourth-order valence-corrected chi connectivity index (χ4v) is 3.21. The van der Waals surface area contributed by atoms with Crippen molar-refractivity contribution in [3.8, 4) is 5.88 Å². The van der Waals surface area contributed by atoms with Crippen LogP contribution in [0.5, 0.6) is 5.88 Å². The van der Waals surface area contributed by atoms with Crippen LogP contribution < -0.4 is 9.64 Å². The van der Waals surface area contributed by atoms with Crippen molar-refractivity contribution in [2.45, 2.75) is 18.9 Å². The number of amides is 1. The van der Waals surface area contributed by atoms with Gasteiger partial charge in [0.05, 0.1) is 13.0 Å². The molecule has 0 radical (unpaired) electrons. The van der Waals surface area contributed by atoms with Crippen molar-refractivity contribution in [3.63, 3.8) is 0 Å². The number of carbonyl (C=O) groups excluding carboxylic acids is 1. The van der Waals surface area contributed by atoms with Crippen LogP contribution in [0.4, 0.5) is 5.82 Å². The number of hydrogen-bond donors (Lipinski definition) is 0. The van der Waals surface area contributed by atoms with Gasteiger partial charge in [-0.25, -0.2) is 9.97 Å². The summed E-state index contributed by atoms with van der Waals surface area (Å²) in [5, 5.41) is 4.02. The number of thiophene rings is 1. The average Bonchev–Trinajstić information content (AvgIpc) is 3.19. The Kier molecular flexibility index (Phi) is 4.76. The highest BCUT2D eigenvalue weighted by Crippen LogP contribution is 2.20. The summed E-state index contributed by atoms with van der Waals surface area (Å²) in [6.45, 7) is 1.35. The summed E-state index contributed by atoms with van der Waals surface area (Å²) in [7, 11) is 3.85. The number of carbonyl (C=O) groups is 1. The normalized spacial score (nSPS) is 17.3. The first-order valence-electron chi connectivity index (χ1n) is 7.56. The van der Waals surface area contributed by atoms with Crippen molar-refractivity contribution in [1.82, 2.24) is 14.9 Å². The third-order valence-electron chi connectivity index (χ3n) is 3.81. The lowest BCUT2D eigenvalue weighted by atomic mass is 10.2. The van der Waals surface area contributed by atoms with E-state index in [1.807, 2.05) is 46.8 Å². The average molecular weight is 332 g/mol.